The molecule has 8 nitrogen and oxygen atoms in total. The van der Waals surface area contributed by atoms with Crippen molar-refractivity contribution >= 4 is 22.7 Å². The minimum absolute atomic E-state index is 0.226. The van der Waals surface area contributed by atoms with Crippen molar-refractivity contribution in [3.63, 3.8) is 0 Å². The molecule has 3 aromatic heterocycles. The van der Waals surface area contributed by atoms with Gasteiger partial charge in [-0.2, -0.15) is 4.37 Å². The number of hydrogen-bond acceptors (Lipinski definition) is 6. The molecule has 0 bridgehead atoms. The molecule has 24 heavy (non-hydrogen) atoms. The highest BCUT2D eigenvalue weighted by molar-refractivity contribution is 7.09. The number of urea groups is 1. The van der Waals surface area contributed by atoms with Gasteiger partial charge in [-0.15, -0.1) is 0 Å². The van der Waals surface area contributed by atoms with E-state index in [0.29, 0.717) is 17.5 Å². The highest BCUT2D eigenvalue weighted by atomic mass is 32.1. The van der Waals surface area contributed by atoms with Gasteiger partial charge in [0.15, 0.2) is 0 Å². The molecule has 2 N–H and O–H groups in total. The van der Waals surface area contributed by atoms with E-state index in [0.717, 1.165) is 23.5 Å². The Morgan fingerprint density at radius 2 is 2.33 bits per heavy atom. The number of imidazole rings is 1. The van der Waals surface area contributed by atoms with E-state index in [2.05, 4.69) is 29.6 Å². The Balaban J connectivity index is 1.67. The lowest BCUT2D eigenvalue weighted by molar-refractivity contribution is 0.191. The summed E-state index contributed by atoms with van der Waals surface area (Å²) < 4.78 is 4.09. The van der Waals surface area contributed by atoms with Crippen LogP contribution >= 0.6 is 11.5 Å². The van der Waals surface area contributed by atoms with Gasteiger partial charge in [-0.25, -0.2) is 14.8 Å². The number of aromatic amines is 1. The van der Waals surface area contributed by atoms with Crippen LogP contribution < -0.4 is 5.32 Å². The third-order valence-corrected chi connectivity index (χ3v) is 4.62. The molecule has 4 heterocycles. The minimum Gasteiger partial charge on any atom is -0.348 e. The van der Waals surface area contributed by atoms with Crippen molar-refractivity contribution in [3.8, 4) is 0 Å². The first-order valence-corrected chi connectivity index (χ1v) is 8.30. The molecule has 1 aliphatic rings. The van der Waals surface area contributed by atoms with Crippen LogP contribution in [0.1, 0.15) is 28.9 Å². The average Bonchev–Trinajstić information content (AvgIpc) is 3.23. The molecule has 0 aromatic carbocycles. The lowest BCUT2D eigenvalue weighted by atomic mass is 10.00. The van der Waals surface area contributed by atoms with Crippen molar-refractivity contribution in [1.29, 1.82) is 0 Å². The number of nitrogens with one attached hydrogen (secondary N) is 2. The zero-order valence-electron chi connectivity index (χ0n) is 12.9. The van der Waals surface area contributed by atoms with Gasteiger partial charge < -0.3 is 9.88 Å². The minimum atomic E-state index is -0.324. The molecule has 0 saturated carbocycles. The molecule has 0 saturated heterocycles. The van der Waals surface area contributed by atoms with Gasteiger partial charge in [0.05, 0.1) is 17.7 Å². The van der Waals surface area contributed by atoms with Crippen LogP contribution in [0.3, 0.4) is 0 Å². The van der Waals surface area contributed by atoms with Crippen molar-refractivity contribution in [2.75, 3.05) is 11.9 Å². The second-order valence-corrected chi connectivity index (χ2v) is 6.20. The zero-order valence-corrected chi connectivity index (χ0v) is 13.7. The van der Waals surface area contributed by atoms with E-state index in [-0.39, 0.29) is 12.1 Å². The maximum Gasteiger partial charge on any atom is 0.324 e. The van der Waals surface area contributed by atoms with Crippen LogP contribution in [0.2, 0.25) is 0 Å². The van der Waals surface area contributed by atoms with Crippen LogP contribution in [0.25, 0.3) is 0 Å². The lowest BCUT2D eigenvalue weighted by Crippen LogP contribution is -2.43. The van der Waals surface area contributed by atoms with Crippen LogP contribution in [0.4, 0.5) is 9.93 Å². The first-order valence-electron chi connectivity index (χ1n) is 7.53. The van der Waals surface area contributed by atoms with Gasteiger partial charge in [0.1, 0.15) is 11.9 Å². The molecular weight excluding hydrogens is 326 g/mol. The number of anilines is 1. The topological polar surface area (TPSA) is 99.7 Å². The molecular formula is C15H15N7OS. The van der Waals surface area contributed by atoms with Gasteiger partial charge in [0.2, 0.25) is 5.13 Å². The molecule has 1 atom stereocenters. The van der Waals surface area contributed by atoms with Gasteiger partial charge in [0, 0.05) is 36.4 Å². The molecule has 0 radical (unpaired) electrons. The summed E-state index contributed by atoms with van der Waals surface area (Å²) in [5.41, 5.74) is 2.67. The van der Waals surface area contributed by atoms with Crippen LogP contribution in [-0.2, 0) is 6.42 Å². The largest absolute Gasteiger partial charge is 0.348 e. The molecule has 1 aliphatic heterocycles. The van der Waals surface area contributed by atoms with Gasteiger partial charge in [-0.1, -0.05) is 6.07 Å². The van der Waals surface area contributed by atoms with Crippen molar-refractivity contribution in [1.82, 2.24) is 29.2 Å². The summed E-state index contributed by atoms with van der Waals surface area (Å²) >= 11 is 1.17. The Kier molecular flexibility index (Phi) is 3.69. The van der Waals surface area contributed by atoms with Crippen LogP contribution in [0.15, 0.2) is 30.7 Å². The van der Waals surface area contributed by atoms with Gasteiger partial charge >= 0.3 is 6.03 Å². The van der Waals surface area contributed by atoms with E-state index in [1.54, 1.807) is 24.3 Å². The number of aromatic nitrogens is 5. The molecule has 4 rings (SSSR count). The maximum atomic E-state index is 12.8. The predicted molar refractivity (Wildman–Crippen MR) is 88.7 cm³/mol. The number of carbonyl (C=O) groups is 1. The molecule has 0 unspecified atom stereocenters. The summed E-state index contributed by atoms with van der Waals surface area (Å²) in [4.78, 5) is 30.7. The first kappa shape index (κ1) is 14.8. The Morgan fingerprint density at radius 3 is 3.08 bits per heavy atom. The standard InChI is InChI=1S/C15H15N7OS/c1-9-19-14(24-21-9)20-15(23)22-7-5-10-12(18-8-17-10)13(22)11-4-2-3-6-16-11/h2-4,6,8,13H,5,7H2,1H3,(H,17,18)(H,19,20,21,23)/t13-/m0/s1. The van der Waals surface area contributed by atoms with E-state index >= 15 is 0 Å². The SMILES string of the molecule is Cc1nsc(NC(=O)N2CCc3[nH]cnc3[C@@H]2c2ccccn2)n1. The number of fused-ring (bicyclic) bond motifs is 1. The number of rotatable bonds is 2. The monoisotopic (exact) mass is 341 g/mol. The third-order valence-electron chi connectivity index (χ3n) is 3.90. The van der Waals surface area contributed by atoms with Gasteiger partial charge in [-0.3, -0.25) is 10.3 Å². The fourth-order valence-electron chi connectivity index (χ4n) is 2.84. The van der Waals surface area contributed by atoms with Gasteiger partial charge in [-0.05, 0) is 19.1 Å². The summed E-state index contributed by atoms with van der Waals surface area (Å²) in [6.07, 6.45) is 4.11. The molecule has 3 aromatic rings. The van der Waals surface area contributed by atoms with E-state index in [4.69, 9.17) is 0 Å². The number of pyridine rings is 1. The van der Waals surface area contributed by atoms with E-state index in [1.165, 1.54) is 11.5 Å². The van der Waals surface area contributed by atoms with Gasteiger partial charge in [0.25, 0.3) is 0 Å². The second-order valence-electron chi connectivity index (χ2n) is 5.44. The molecule has 2 amide bonds. The zero-order chi connectivity index (χ0) is 16.5. The summed E-state index contributed by atoms with van der Waals surface area (Å²) in [6, 6.07) is 5.12. The van der Waals surface area contributed by atoms with E-state index in [1.807, 2.05) is 18.2 Å². The highest BCUT2D eigenvalue weighted by Crippen LogP contribution is 2.32. The summed E-state index contributed by atoms with van der Waals surface area (Å²) in [7, 11) is 0. The first-order chi connectivity index (χ1) is 11.7. The molecule has 0 spiro atoms. The maximum absolute atomic E-state index is 12.8. The molecule has 122 valence electrons. The van der Waals surface area contributed by atoms with E-state index < -0.39 is 0 Å². The Hall–Kier alpha value is -2.81. The lowest BCUT2D eigenvalue weighted by Gasteiger charge is -2.34. The quantitative estimate of drug-likeness (QED) is 0.744. The average molecular weight is 341 g/mol. The summed E-state index contributed by atoms with van der Waals surface area (Å²) in [5, 5.41) is 3.31. The normalized spacial score (nSPS) is 16.7. The van der Waals surface area contributed by atoms with Crippen molar-refractivity contribution < 1.29 is 4.79 Å². The smallest absolute Gasteiger partial charge is 0.324 e. The Labute approximate surface area is 142 Å². The van der Waals surface area contributed by atoms with Crippen molar-refractivity contribution in [3.05, 3.63) is 53.6 Å². The fourth-order valence-corrected chi connectivity index (χ4v) is 3.41. The summed E-state index contributed by atoms with van der Waals surface area (Å²) in [6.45, 7) is 2.36. The van der Waals surface area contributed by atoms with Crippen LogP contribution in [-0.4, -0.2) is 41.8 Å². The Bertz CT molecular complexity index is 860. The number of nitrogens with zero attached hydrogens (tertiary/aromatic N) is 5. The molecule has 0 fully saturated rings. The second kappa shape index (κ2) is 6.00. The highest BCUT2D eigenvalue weighted by Gasteiger charge is 2.35. The molecule has 0 aliphatic carbocycles. The van der Waals surface area contributed by atoms with Crippen LogP contribution in [0.5, 0.6) is 0 Å². The third kappa shape index (κ3) is 2.62. The van der Waals surface area contributed by atoms with Crippen LogP contribution in [0, 0.1) is 6.92 Å². The number of amides is 2. The predicted octanol–water partition coefficient (Wildman–Crippen LogP) is 2.14. The van der Waals surface area contributed by atoms with Crippen molar-refractivity contribution in [2.24, 2.45) is 0 Å². The number of aryl methyl sites for hydroxylation is 1. The Morgan fingerprint density at radius 1 is 1.42 bits per heavy atom. The van der Waals surface area contributed by atoms with E-state index in [9.17, 15) is 4.79 Å². The number of hydrogen-bond donors (Lipinski definition) is 2. The summed E-state index contributed by atoms with van der Waals surface area (Å²) in [5.74, 6) is 0.643. The fraction of sp³-hybridized carbons (Fsp3) is 0.267. The van der Waals surface area contributed by atoms with Crippen molar-refractivity contribution in [2.45, 2.75) is 19.4 Å². The number of H-pyrrole nitrogens is 1. The number of carbonyl (C=O) groups excluding carboxylic acids is 1. The molecule has 9 heteroatoms.